The maximum absolute atomic E-state index is 12.6. The smallest absolute Gasteiger partial charge is 0.241 e. The number of para-hydroxylation sites is 1. The first-order valence-electron chi connectivity index (χ1n) is 11.5. The van der Waals surface area contributed by atoms with Crippen LogP contribution < -0.4 is 5.43 Å². The van der Waals surface area contributed by atoms with Crippen molar-refractivity contribution in [2.75, 3.05) is 0 Å². The molecule has 0 saturated heterocycles. The summed E-state index contributed by atoms with van der Waals surface area (Å²) in [5.74, 6) is -0.0260. The minimum atomic E-state index is -0.181. The zero-order valence-corrected chi connectivity index (χ0v) is 19.1. The van der Waals surface area contributed by atoms with E-state index >= 15 is 0 Å². The number of rotatable bonds is 7. The van der Waals surface area contributed by atoms with Crippen LogP contribution in [0.1, 0.15) is 12.0 Å². The summed E-state index contributed by atoms with van der Waals surface area (Å²) >= 11 is 0. The summed E-state index contributed by atoms with van der Waals surface area (Å²) in [6.45, 7) is 0.505. The normalized spacial score (nSPS) is 11.2. The lowest BCUT2D eigenvalue weighted by Crippen LogP contribution is -2.19. The number of carbonyl (C=O) groups is 1. The average molecular weight is 460 g/mol. The summed E-state index contributed by atoms with van der Waals surface area (Å²) in [5.41, 5.74) is 8.89. The molecule has 0 saturated carbocycles. The van der Waals surface area contributed by atoms with Gasteiger partial charge in [-0.3, -0.25) is 4.79 Å². The number of hydrogen-bond donors (Lipinski definition) is 2. The fourth-order valence-electron chi connectivity index (χ4n) is 4.38. The molecule has 0 aliphatic carbocycles. The van der Waals surface area contributed by atoms with Gasteiger partial charge in [-0.2, -0.15) is 5.10 Å². The maximum atomic E-state index is 12.6. The van der Waals surface area contributed by atoms with Crippen molar-refractivity contribution in [3.63, 3.8) is 0 Å². The van der Waals surface area contributed by atoms with E-state index in [1.165, 1.54) is 6.21 Å². The Bertz CT molecular complexity index is 1490. The molecule has 0 atom stereocenters. The summed E-state index contributed by atoms with van der Waals surface area (Å²) in [7, 11) is 0. The molecule has 0 unspecified atom stereocenters. The molecule has 0 aliphatic heterocycles. The van der Waals surface area contributed by atoms with Gasteiger partial charge < -0.3 is 9.67 Å². The lowest BCUT2D eigenvalue weighted by molar-refractivity contribution is -0.121. The Morgan fingerprint density at radius 1 is 0.829 bits per heavy atom. The highest BCUT2D eigenvalue weighted by molar-refractivity contribution is 6.04. The molecule has 5 heteroatoms. The van der Waals surface area contributed by atoms with Gasteiger partial charge >= 0.3 is 0 Å². The molecule has 1 heterocycles. The second-order valence-corrected chi connectivity index (χ2v) is 8.26. The molecule has 0 radical (unpaired) electrons. The zero-order chi connectivity index (χ0) is 24.0. The third-order valence-corrected chi connectivity index (χ3v) is 5.92. The standard InChI is InChI=1S/C30H25N3O2/c34-25-15-9-10-22(20-25)21-31-32-28(35)18-19-33-27-17-8-7-16-26(27)29(23-11-3-1-4-12-23)30(33)24-13-5-2-6-14-24/h1-17,20-21,34H,18-19H2,(H,32,35)/b31-21+. The number of nitrogens with one attached hydrogen (secondary N) is 1. The number of nitrogens with zero attached hydrogens (tertiary/aromatic N) is 2. The van der Waals surface area contributed by atoms with Gasteiger partial charge in [-0.1, -0.05) is 91.0 Å². The Kier molecular flexibility index (Phi) is 6.39. The molecule has 35 heavy (non-hydrogen) atoms. The molecule has 5 nitrogen and oxygen atoms in total. The highest BCUT2D eigenvalue weighted by Gasteiger charge is 2.20. The van der Waals surface area contributed by atoms with Gasteiger partial charge in [0.1, 0.15) is 5.75 Å². The molecular formula is C30H25N3O2. The summed E-state index contributed by atoms with van der Waals surface area (Å²) in [6.07, 6.45) is 1.79. The van der Waals surface area contributed by atoms with Gasteiger partial charge in [0.15, 0.2) is 0 Å². The van der Waals surface area contributed by atoms with E-state index in [0.29, 0.717) is 12.1 Å². The molecule has 5 rings (SSSR count). The average Bonchev–Trinajstić information content (AvgIpc) is 3.23. The van der Waals surface area contributed by atoms with Gasteiger partial charge in [0.2, 0.25) is 5.91 Å². The number of fused-ring (bicyclic) bond motifs is 1. The lowest BCUT2D eigenvalue weighted by atomic mass is 9.98. The van der Waals surface area contributed by atoms with E-state index in [2.05, 4.69) is 57.6 Å². The Labute approximate surface area is 204 Å². The molecule has 0 aliphatic rings. The van der Waals surface area contributed by atoms with Crippen LogP contribution in [0.3, 0.4) is 0 Å². The van der Waals surface area contributed by atoms with E-state index in [-0.39, 0.29) is 18.1 Å². The molecule has 5 aromatic rings. The van der Waals surface area contributed by atoms with Gasteiger partial charge in [0.05, 0.1) is 11.9 Å². The van der Waals surface area contributed by atoms with Crippen LogP contribution in [0.5, 0.6) is 5.75 Å². The summed E-state index contributed by atoms with van der Waals surface area (Å²) in [6, 6.07) is 35.7. The van der Waals surface area contributed by atoms with E-state index in [0.717, 1.165) is 33.3 Å². The van der Waals surface area contributed by atoms with Crippen molar-refractivity contribution >= 4 is 23.0 Å². The molecule has 0 spiro atoms. The zero-order valence-electron chi connectivity index (χ0n) is 19.1. The first-order chi connectivity index (χ1) is 17.2. The second kappa shape index (κ2) is 10.1. The fraction of sp³-hybridized carbons (Fsp3) is 0.0667. The Morgan fingerprint density at radius 3 is 2.26 bits per heavy atom. The number of hydrazone groups is 1. The first-order valence-corrected chi connectivity index (χ1v) is 11.5. The number of amides is 1. The topological polar surface area (TPSA) is 66.6 Å². The van der Waals surface area contributed by atoms with Crippen molar-refractivity contribution in [1.29, 1.82) is 0 Å². The van der Waals surface area contributed by atoms with Crippen LogP contribution in [0, 0.1) is 0 Å². The molecule has 1 aromatic heterocycles. The van der Waals surface area contributed by atoms with E-state index in [1.807, 2.05) is 42.5 Å². The highest BCUT2D eigenvalue weighted by atomic mass is 16.3. The third-order valence-electron chi connectivity index (χ3n) is 5.92. The largest absolute Gasteiger partial charge is 0.508 e. The highest BCUT2D eigenvalue weighted by Crippen LogP contribution is 2.40. The van der Waals surface area contributed by atoms with Gasteiger partial charge in [0.25, 0.3) is 0 Å². The lowest BCUT2D eigenvalue weighted by Gasteiger charge is -2.13. The molecule has 0 bridgehead atoms. The van der Waals surface area contributed by atoms with Crippen molar-refractivity contribution in [1.82, 2.24) is 9.99 Å². The Balaban J connectivity index is 1.47. The quantitative estimate of drug-likeness (QED) is 0.224. The Hall–Kier alpha value is -4.64. The monoisotopic (exact) mass is 459 g/mol. The van der Waals surface area contributed by atoms with Crippen LogP contribution in [0.15, 0.2) is 114 Å². The van der Waals surface area contributed by atoms with Crippen molar-refractivity contribution in [2.45, 2.75) is 13.0 Å². The number of benzene rings is 4. The number of phenols is 1. The summed E-state index contributed by atoms with van der Waals surface area (Å²) in [4.78, 5) is 12.6. The van der Waals surface area contributed by atoms with E-state index in [9.17, 15) is 9.90 Å². The van der Waals surface area contributed by atoms with Gasteiger partial charge in [0, 0.05) is 29.4 Å². The SMILES string of the molecule is O=C(CCn1c(-c2ccccc2)c(-c2ccccc2)c2ccccc21)N/N=C/c1cccc(O)c1. The van der Waals surface area contributed by atoms with Gasteiger partial charge in [-0.25, -0.2) is 5.43 Å². The fourth-order valence-corrected chi connectivity index (χ4v) is 4.38. The summed E-state index contributed by atoms with van der Waals surface area (Å²) < 4.78 is 2.23. The van der Waals surface area contributed by atoms with E-state index in [4.69, 9.17) is 0 Å². The number of hydrogen-bond acceptors (Lipinski definition) is 3. The molecule has 172 valence electrons. The van der Waals surface area contributed by atoms with E-state index in [1.54, 1.807) is 24.3 Å². The van der Waals surface area contributed by atoms with Crippen molar-refractivity contribution in [3.05, 3.63) is 115 Å². The molecule has 2 N–H and O–H groups in total. The Morgan fingerprint density at radius 2 is 1.51 bits per heavy atom. The van der Waals surface area contributed by atoms with Crippen LogP contribution in [0.2, 0.25) is 0 Å². The van der Waals surface area contributed by atoms with Crippen molar-refractivity contribution < 1.29 is 9.90 Å². The molecule has 4 aromatic carbocycles. The number of carbonyl (C=O) groups excluding carboxylic acids is 1. The van der Waals surface area contributed by atoms with Gasteiger partial charge in [-0.05, 0) is 34.9 Å². The van der Waals surface area contributed by atoms with Crippen LogP contribution in [0.25, 0.3) is 33.3 Å². The third kappa shape index (κ3) is 4.84. The predicted molar refractivity (Wildman–Crippen MR) is 141 cm³/mol. The number of aromatic hydroxyl groups is 1. The minimum absolute atomic E-state index is 0.155. The second-order valence-electron chi connectivity index (χ2n) is 8.26. The van der Waals surface area contributed by atoms with Crippen LogP contribution in [-0.2, 0) is 11.3 Å². The van der Waals surface area contributed by atoms with Crippen molar-refractivity contribution in [2.24, 2.45) is 5.10 Å². The van der Waals surface area contributed by atoms with Gasteiger partial charge in [-0.15, -0.1) is 0 Å². The minimum Gasteiger partial charge on any atom is -0.508 e. The number of aryl methyl sites for hydroxylation is 1. The van der Waals surface area contributed by atoms with Crippen molar-refractivity contribution in [3.8, 4) is 28.1 Å². The maximum Gasteiger partial charge on any atom is 0.241 e. The number of aromatic nitrogens is 1. The van der Waals surface area contributed by atoms with Crippen LogP contribution in [-0.4, -0.2) is 21.8 Å². The molecular weight excluding hydrogens is 434 g/mol. The van der Waals surface area contributed by atoms with Crippen LogP contribution in [0.4, 0.5) is 0 Å². The van der Waals surface area contributed by atoms with E-state index < -0.39 is 0 Å². The summed E-state index contributed by atoms with van der Waals surface area (Å²) in [5, 5.41) is 14.8. The molecule has 1 amide bonds. The predicted octanol–water partition coefficient (Wildman–Crippen LogP) is 6.22. The van der Waals surface area contributed by atoms with Crippen LogP contribution >= 0.6 is 0 Å². The first kappa shape index (κ1) is 22.2. The number of phenolic OH excluding ortho intramolecular Hbond substituents is 1. The molecule has 0 fully saturated rings.